The topological polar surface area (TPSA) is 105 Å². The third-order valence-corrected chi connectivity index (χ3v) is 3.84. The van der Waals surface area contributed by atoms with E-state index in [4.69, 9.17) is 9.26 Å². The molecule has 1 fully saturated rings. The molecule has 10 heteroatoms. The highest BCUT2D eigenvalue weighted by Crippen LogP contribution is 2.12. The second kappa shape index (κ2) is 10.7. The predicted molar refractivity (Wildman–Crippen MR) is 113 cm³/mol. The van der Waals surface area contributed by atoms with Crippen molar-refractivity contribution in [1.29, 1.82) is 0 Å². The van der Waals surface area contributed by atoms with Crippen LogP contribution >= 0.6 is 24.0 Å². The number of aryl methyl sites for hydroxylation is 2. The number of aliphatic imine (C=N–C) groups is 1. The van der Waals surface area contributed by atoms with Gasteiger partial charge in [-0.25, -0.2) is 4.79 Å². The van der Waals surface area contributed by atoms with Gasteiger partial charge < -0.3 is 24.8 Å². The molecule has 2 N–H and O–H groups in total. The zero-order valence-electron chi connectivity index (χ0n) is 16.7. The van der Waals surface area contributed by atoms with Crippen LogP contribution in [-0.2, 0) is 11.2 Å². The van der Waals surface area contributed by atoms with Crippen LogP contribution in [0.4, 0.5) is 4.79 Å². The van der Waals surface area contributed by atoms with Gasteiger partial charge in [0.05, 0.1) is 6.04 Å². The number of hydrogen-bond acceptors (Lipinski definition) is 6. The summed E-state index contributed by atoms with van der Waals surface area (Å²) < 4.78 is 10.4. The highest BCUT2D eigenvalue weighted by molar-refractivity contribution is 14.0. The van der Waals surface area contributed by atoms with E-state index in [9.17, 15) is 4.79 Å². The van der Waals surface area contributed by atoms with Gasteiger partial charge in [-0.05, 0) is 40.5 Å². The Morgan fingerprint density at radius 1 is 1.44 bits per heavy atom. The number of likely N-dealkylation sites (tertiary alicyclic amines) is 1. The molecular formula is C17H31IN6O3. The minimum Gasteiger partial charge on any atom is -0.444 e. The molecule has 154 valence electrons. The van der Waals surface area contributed by atoms with Crippen LogP contribution in [0.25, 0.3) is 0 Å². The van der Waals surface area contributed by atoms with Gasteiger partial charge >= 0.3 is 6.09 Å². The molecule has 1 atom stereocenters. The van der Waals surface area contributed by atoms with Crippen molar-refractivity contribution in [1.82, 2.24) is 25.7 Å². The van der Waals surface area contributed by atoms with E-state index in [0.717, 1.165) is 38.3 Å². The standard InChI is InChI=1S/C17H30N6O3.HI/c1-12-20-14(26-22-12)7-6-9-19-15(18-5)23-10-8-13(11-23)21-16(24)25-17(2,3)4;/h13H,6-11H2,1-5H3,(H,18,19)(H,21,24);1H. The Balaban J connectivity index is 0.00000364. The highest BCUT2D eigenvalue weighted by atomic mass is 127. The van der Waals surface area contributed by atoms with Crippen LogP contribution in [0.2, 0.25) is 0 Å². The molecule has 1 amide bonds. The molecule has 1 aliphatic rings. The molecule has 9 nitrogen and oxygen atoms in total. The van der Waals surface area contributed by atoms with E-state index in [2.05, 4.69) is 30.7 Å². The van der Waals surface area contributed by atoms with Crippen LogP contribution in [0.1, 0.15) is 45.3 Å². The fourth-order valence-electron chi connectivity index (χ4n) is 2.76. The van der Waals surface area contributed by atoms with Gasteiger partial charge in [-0.1, -0.05) is 5.16 Å². The first-order chi connectivity index (χ1) is 12.3. The SMILES string of the molecule is CN=C(NCCCc1nc(C)no1)N1CCC(NC(=O)OC(C)(C)C)C1.I. The Morgan fingerprint density at radius 2 is 2.19 bits per heavy atom. The molecule has 0 radical (unpaired) electrons. The van der Waals surface area contributed by atoms with Crippen LogP contribution in [0.15, 0.2) is 9.52 Å². The van der Waals surface area contributed by atoms with E-state index < -0.39 is 5.60 Å². The zero-order chi connectivity index (χ0) is 19.2. The third-order valence-electron chi connectivity index (χ3n) is 3.84. The van der Waals surface area contributed by atoms with Crippen molar-refractivity contribution in [2.75, 3.05) is 26.7 Å². The molecule has 0 aromatic carbocycles. The number of carbonyl (C=O) groups is 1. The molecule has 1 saturated heterocycles. The van der Waals surface area contributed by atoms with Crippen molar-refractivity contribution in [3.05, 3.63) is 11.7 Å². The molecular weight excluding hydrogens is 463 g/mol. The van der Waals surface area contributed by atoms with Gasteiger partial charge in [0.25, 0.3) is 0 Å². The molecule has 2 heterocycles. The van der Waals surface area contributed by atoms with Crippen molar-refractivity contribution in [3.8, 4) is 0 Å². The minimum absolute atomic E-state index is 0. The number of carbonyl (C=O) groups excluding carboxylic acids is 1. The van der Waals surface area contributed by atoms with Gasteiger partial charge in [-0.15, -0.1) is 24.0 Å². The lowest BCUT2D eigenvalue weighted by molar-refractivity contribution is 0.0507. The third kappa shape index (κ3) is 8.31. The maximum Gasteiger partial charge on any atom is 0.407 e. The number of aromatic nitrogens is 2. The zero-order valence-corrected chi connectivity index (χ0v) is 19.1. The first kappa shape index (κ1) is 23.4. The van der Waals surface area contributed by atoms with Crippen LogP contribution in [0.5, 0.6) is 0 Å². The van der Waals surface area contributed by atoms with Crippen molar-refractivity contribution >= 4 is 36.0 Å². The van der Waals surface area contributed by atoms with Gasteiger partial charge in [-0.2, -0.15) is 4.98 Å². The monoisotopic (exact) mass is 494 g/mol. The number of guanidine groups is 1. The number of rotatable bonds is 5. The smallest absolute Gasteiger partial charge is 0.407 e. The lowest BCUT2D eigenvalue weighted by atomic mass is 10.2. The molecule has 1 aromatic heterocycles. The normalized spacial score (nSPS) is 17.4. The molecule has 1 aromatic rings. The van der Waals surface area contributed by atoms with E-state index in [-0.39, 0.29) is 36.1 Å². The fraction of sp³-hybridized carbons (Fsp3) is 0.765. The summed E-state index contributed by atoms with van der Waals surface area (Å²) in [5, 5.41) is 10.0. The average molecular weight is 494 g/mol. The van der Waals surface area contributed by atoms with E-state index in [1.807, 2.05) is 27.7 Å². The second-order valence-electron chi connectivity index (χ2n) is 7.39. The Kier molecular flexibility index (Phi) is 9.27. The van der Waals surface area contributed by atoms with Crippen molar-refractivity contribution in [2.24, 2.45) is 4.99 Å². The van der Waals surface area contributed by atoms with Crippen LogP contribution in [0, 0.1) is 6.92 Å². The number of nitrogens with one attached hydrogen (secondary N) is 2. The highest BCUT2D eigenvalue weighted by Gasteiger charge is 2.27. The van der Waals surface area contributed by atoms with Gasteiger partial charge in [0, 0.05) is 33.1 Å². The molecule has 1 aliphatic heterocycles. The van der Waals surface area contributed by atoms with Crippen LogP contribution in [-0.4, -0.2) is 65.4 Å². The van der Waals surface area contributed by atoms with Crippen molar-refractivity contribution < 1.29 is 14.1 Å². The Bertz CT molecular complexity index is 628. The summed E-state index contributed by atoms with van der Waals surface area (Å²) in [7, 11) is 1.76. The Morgan fingerprint density at radius 3 is 2.78 bits per heavy atom. The Labute approximate surface area is 177 Å². The predicted octanol–water partition coefficient (Wildman–Crippen LogP) is 2.10. The molecule has 0 spiro atoms. The lowest BCUT2D eigenvalue weighted by Gasteiger charge is -2.23. The summed E-state index contributed by atoms with van der Waals surface area (Å²) >= 11 is 0. The summed E-state index contributed by atoms with van der Waals surface area (Å²) in [6.07, 6.45) is 2.09. The quantitative estimate of drug-likeness (QED) is 0.280. The molecule has 27 heavy (non-hydrogen) atoms. The number of hydrogen-bond donors (Lipinski definition) is 2. The van der Waals surface area contributed by atoms with Crippen molar-refractivity contribution in [3.63, 3.8) is 0 Å². The van der Waals surface area contributed by atoms with E-state index >= 15 is 0 Å². The van der Waals surface area contributed by atoms with Gasteiger partial charge in [-0.3, -0.25) is 4.99 Å². The second-order valence-corrected chi connectivity index (χ2v) is 7.39. The molecule has 0 bridgehead atoms. The molecule has 1 unspecified atom stereocenters. The average Bonchev–Trinajstić information content (AvgIpc) is 3.15. The maximum atomic E-state index is 11.9. The van der Waals surface area contributed by atoms with Crippen LogP contribution in [0.3, 0.4) is 0 Å². The van der Waals surface area contributed by atoms with Gasteiger partial charge in [0.1, 0.15) is 5.60 Å². The number of ether oxygens (including phenoxy) is 1. The first-order valence-corrected chi connectivity index (χ1v) is 9.01. The van der Waals surface area contributed by atoms with Crippen LogP contribution < -0.4 is 10.6 Å². The molecule has 0 aliphatic carbocycles. The summed E-state index contributed by atoms with van der Waals surface area (Å²) in [5.74, 6) is 2.15. The summed E-state index contributed by atoms with van der Waals surface area (Å²) in [5.41, 5.74) is -0.489. The largest absolute Gasteiger partial charge is 0.444 e. The maximum absolute atomic E-state index is 11.9. The van der Waals surface area contributed by atoms with Gasteiger partial charge in [0.2, 0.25) is 5.89 Å². The van der Waals surface area contributed by atoms with E-state index in [0.29, 0.717) is 18.3 Å². The fourth-order valence-corrected chi connectivity index (χ4v) is 2.76. The van der Waals surface area contributed by atoms with E-state index in [1.165, 1.54) is 0 Å². The number of nitrogens with zero attached hydrogens (tertiary/aromatic N) is 4. The molecule has 0 saturated carbocycles. The first-order valence-electron chi connectivity index (χ1n) is 9.01. The minimum atomic E-state index is -0.489. The number of alkyl carbamates (subject to hydrolysis) is 1. The van der Waals surface area contributed by atoms with Crippen molar-refractivity contribution in [2.45, 2.75) is 58.6 Å². The summed E-state index contributed by atoms with van der Waals surface area (Å²) in [6.45, 7) is 9.68. The summed E-state index contributed by atoms with van der Waals surface area (Å²) in [4.78, 5) is 22.5. The van der Waals surface area contributed by atoms with Gasteiger partial charge in [0.15, 0.2) is 11.8 Å². The summed E-state index contributed by atoms with van der Waals surface area (Å²) in [6, 6.07) is 0.0600. The molecule has 2 rings (SSSR count). The van der Waals surface area contributed by atoms with E-state index in [1.54, 1.807) is 7.05 Å². The number of halogens is 1. The number of amides is 1. The lowest BCUT2D eigenvalue weighted by Crippen LogP contribution is -2.44. The Hall–Kier alpha value is -1.59.